The van der Waals surface area contributed by atoms with Gasteiger partial charge in [0.05, 0.1) is 0 Å². The summed E-state index contributed by atoms with van der Waals surface area (Å²) in [5.41, 5.74) is 1.19. The first-order valence-corrected chi connectivity index (χ1v) is 4.58. The van der Waals surface area contributed by atoms with Crippen molar-refractivity contribution in [3.63, 3.8) is 0 Å². The summed E-state index contributed by atoms with van der Waals surface area (Å²) in [6.07, 6.45) is 7.09. The molecule has 0 amide bonds. The molecule has 0 fully saturated rings. The van der Waals surface area contributed by atoms with Crippen LogP contribution in [0.25, 0.3) is 0 Å². The molecule has 0 rings (SSSR count). The zero-order chi connectivity index (χ0) is 11.0. The molecule has 0 radical (unpaired) electrons. The van der Waals surface area contributed by atoms with Crippen LogP contribution < -0.4 is 0 Å². The normalized spacial score (nSPS) is 13.8. The first-order chi connectivity index (χ1) is 6.61. The standard InChI is InChI=1S/C10H16BFO2/c1-3-4-10(11(13)14)6-5-9(2)7-8-12/h4-7,13-14H,3,8H2,1-2H3/b6-5-,9-7-,10-4+. The van der Waals surface area contributed by atoms with Gasteiger partial charge in [-0.15, -0.1) is 0 Å². The topological polar surface area (TPSA) is 40.5 Å². The van der Waals surface area contributed by atoms with E-state index in [1.54, 1.807) is 25.2 Å². The molecule has 0 saturated heterocycles. The van der Waals surface area contributed by atoms with Gasteiger partial charge in [-0.05, 0) is 18.8 Å². The first-order valence-electron chi connectivity index (χ1n) is 4.58. The van der Waals surface area contributed by atoms with Crippen LogP contribution in [-0.4, -0.2) is 23.8 Å². The maximum Gasteiger partial charge on any atom is 0.488 e. The molecule has 2 nitrogen and oxygen atoms in total. The summed E-state index contributed by atoms with van der Waals surface area (Å²) in [4.78, 5) is 0. The van der Waals surface area contributed by atoms with E-state index in [2.05, 4.69) is 0 Å². The lowest BCUT2D eigenvalue weighted by Gasteiger charge is -1.99. The Morgan fingerprint density at radius 3 is 2.36 bits per heavy atom. The Hall–Kier alpha value is -0.865. The van der Waals surface area contributed by atoms with Crippen LogP contribution in [0.3, 0.4) is 0 Å². The predicted octanol–water partition coefficient (Wildman–Crippen LogP) is 1.81. The third kappa shape index (κ3) is 5.72. The van der Waals surface area contributed by atoms with Gasteiger partial charge in [0.1, 0.15) is 6.67 Å². The summed E-state index contributed by atoms with van der Waals surface area (Å²) >= 11 is 0. The predicted molar refractivity (Wildman–Crippen MR) is 57.4 cm³/mol. The molecule has 0 aliphatic heterocycles. The fourth-order valence-corrected chi connectivity index (χ4v) is 0.913. The molecule has 0 bridgehead atoms. The van der Waals surface area contributed by atoms with Crippen LogP contribution in [0, 0.1) is 0 Å². The van der Waals surface area contributed by atoms with Crippen LogP contribution in [0.15, 0.2) is 35.3 Å². The van der Waals surface area contributed by atoms with Crippen molar-refractivity contribution in [2.45, 2.75) is 20.3 Å². The maximum absolute atomic E-state index is 11.9. The average Bonchev–Trinajstić information content (AvgIpc) is 2.12. The van der Waals surface area contributed by atoms with Crippen LogP contribution in [0.2, 0.25) is 0 Å². The summed E-state index contributed by atoms with van der Waals surface area (Å²) in [5, 5.41) is 17.9. The van der Waals surface area contributed by atoms with E-state index in [4.69, 9.17) is 10.0 Å². The Kier molecular flexibility index (Phi) is 7.07. The Morgan fingerprint density at radius 1 is 1.29 bits per heavy atom. The molecule has 0 aromatic carbocycles. The van der Waals surface area contributed by atoms with Crippen molar-refractivity contribution in [2.24, 2.45) is 0 Å². The SMILES string of the molecule is CC\C=C(/C=C\C(C)=C/CF)B(O)O. The van der Waals surface area contributed by atoms with Gasteiger partial charge in [-0.25, -0.2) is 4.39 Å². The number of hydrogen-bond donors (Lipinski definition) is 2. The van der Waals surface area contributed by atoms with Gasteiger partial charge in [0.15, 0.2) is 0 Å². The van der Waals surface area contributed by atoms with E-state index in [-0.39, 0.29) is 0 Å². The maximum atomic E-state index is 11.9. The number of rotatable bonds is 5. The molecule has 0 unspecified atom stereocenters. The molecule has 2 N–H and O–H groups in total. The van der Waals surface area contributed by atoms with Gasteiger partial charge in [0.2, 0.25) is 0 Å². The van der Waals surface area contributed by atoms with Gasteiger partial charge in [-0.1, -0.05) is 36.8 Å². The van der Waals surface area contributed by atoms with Crippen LogP contribution >= 0.6 is 0 Å². The van der Waals surface area contributed by atoms with Crippen molar-refractivity contribution < 1.29 is 14.4 Å². The van der Waals surface area contributed by atoms with Crippen molar-refractivity contribution in [3.8, 4) is 0 Å². The third-order valence-corrected chi connectivity index (χ3v) is 1.68. The van der Waals surface area contributed by atoms with Crippen molar-refractivity contribution in [3.05, 3.63) is 35.3 Å². The Labute approximate surface area is 84.6 Å². The highest BCUT2D eigenvalue weighted by atomic mass is 19.1. The van der Waals surface area contributed by atoms with E-state index >= 15 is 0 Å². The number of hydrogen-bond acceptors (Lipinski definition) is 2. The van der Waals surface area contributed by atoms with Crippen LogP contribution in [-0.2, 0) is 0 Å². The number of halogens is 1. The van der Waals surface area contributed by atoms with Crippen LogP contribution in [0.1, 0.15) is 20.3 Å². The van der Waals surface area contributed by atoms with Crippen molar-refractivity contribution >= 4 is 7.12 Å². The zero-order valence-electron chi connectivity index (χ0n) is 8.57. The quantitative estimate of drug-likeness (QED) is 0.522. The number of allylic oxidation sites excluding steroid dienone is 6. The van der Waals surface area contributed by atoms with E-state index in [1.807, 2.05) is 6.92 Å². The second-order valence-electron chi connectivity index (χ2n) is 2.92. The third-order valence-electron chi connectivity index (χ3n) is 1.68. The van der Waals surface area contributed by atoms with Gasteiger partial charge in [0.25, 0.3) is 0 Å². The molecule has 0 aliphatic rings. The zero-order valence-corrected chi connectivity index (χ0v) is 8.57. The fourth-order valence-electron chi connectivity index (χ4n) is 0.913. The molecule has 0 aromatic heterocycles. The minimum Gasteiger partial charge on any atom is -0.423 e. The second kappa shape index (κ2) is 7.53. The highest BCUT2D eigenvalue weighted by Crippen LogP contribution is 2.04. The summed E-state index contributed by atoms with van der Waals surface area (Å²) in [6, 6.07) is 0. The van der Waals surface area contributed by atoms with Crippen molar-refractivity contribution in [2.75, 3.05) is 6.67 Å². The monoisotopic (exact) mass is 198 g/mol. The van der Waals surface area contributed by atoms with Crippen LogP contribution in [0.5, 0.6) is 0 Å². The summed E-state index contributed by atoms with van der Waals surface area (Å²) in [7, 11) is -1.47. The fraction of sp³-hybridized carbons (Fsp3) is 0.400. The first kappa shape index (κ1) is 13.1. The summed E-state index contributed by atoms with van der Waals surface area (Å²) in [6.45, 7) is 3.15. The second-order valence-corrected chi connectivity index (χ2v) is 2.92. The molecule has 0 aliphatic carbocycles. The highest BCUT2D eigenvalue weighted by Gasteiger charge is 2.10. The minimum atomic E-state index is -1.47. The summed E-state index contributed by atoms with van der Waals surface area (Å²) in [5.74, 6) is 0. The molecule has 0 heterocycles. The number of alkyl halides is 1. The van der Waals surface area contributed by atoms with Crippen molar-refractivity contribution in [1.82, 2.24) is 0 Å². The molecular weight excluding hydrogens is 182 g/mol. The lowest BCUT2D eigenvalue weighted by Crippen LogP contribution is -2.13. The smallest absolute Gasteiger partial charge is 0.423 e. The minimum absolute atomic E-state index is 0.430. The van der Waals surface area contributed by atoms with Gasteiger partial charge >= 0.3 is 7.12 Å². The van der Waals surface area contributed by atoms with E-state index in [0.29, 0.717) is 5.47 Å². The van der Waals surface area contributed by atoms with Crippen molar-refractivity contribution in [1.29, 1.82) is 0 Å². The Morgan fingerprint density at radius 2 is 1.93 bits per heavy atom. The molecule has 0 saturated carbocycles. The molecule has 78 valence electrons. The summed E-state index contributed by atoms with van der Waals surface area (Å²) < 4.78 is 11.9. The van der Waals surface area contributed by atoms with E-state index in [0.717, 1.165) is 12.0 Å². The highest BCUT2D eigenvalue weighted by molar-refractivity contribution is 6.51. The van der Waals surface area contributed by atoms with Crippen LogP contribution in [0.4, 0.5) is 4.39 Å². The van der Waals surface area contributed by atoms with Gasteiger partial charge in [-0.2, -0.15) is 0 Å². The molecule has 14 heavy (non-hydrogen) atoms. The van der Waals surface area contributed by atoms with E-state index < -0.39 is 13.8 Å². The van der Waals surface area contributed by atoms with Gasteiger partial charge in [0, 0.05) is 0 Å². The van der Waals surface area contributed by atoms with Gasteiger partial charge < -0.3 is 10.0 Å². The van der Waals surface area contributed by atoms with Gasteiger partial charge in [-0.3, -0.25) is 0 Å². The van der Waals surface area contributed by atoms with E-state index in [1.165, 1.54) is 6.08 Å². The lowest BCUT2D eigenvalue weighted by molar-refractivity contribution is 0.420. The largest absolute Gasteiger partial charge is 0.488 e. The Bertz CT molecular complexity index is 245. The molecule has 0 aromatic rings. The molecular formula is C10H16BFO2. The molecule has 0 atom stereocenters. The lowest BCUT2D eigenvalue weighted by atomic mass is 9.78. The molecule has 0 spiro atoms. The Balaban J connectivity index is 4.45. The molecule has 4 heteroatoms. The van der Waals surface area contributed by atoms with E-state index in [9.17, 15) is 4.39 Å². The average molecular weight is 198 g/mol.